The Morgan fingerprint density at radius 3 is 2.50 bits per heavy atom. The maximum absolute atomic E-state index is 12.5. The standard InChI is InChI=1S/C17H20N2O3/c1-4-15(20)18-16-12(2)9-10-19(17(16)21)11-13-5-7-14(22-3)8-6-13/h5-10H,4,11H2,1-3H3,(H,18,20). The molecular formula is C17H20N2O3. The topological polar surface area (TPSA) is 60.3 Å². The summed E-state index contributed by atoms with van der Waals surface area (Å²) < 4.78 is 6.70. The molecule has 0 aliphatic carbocycles. The minimum Gasteiger partial charge on any atom is -0.497 e. The van der Waals surface area contributed by atoms with Crippen LogP contribution >= 0.6 is 0 Å². The van der Waals surface area contributed by atoms with Crippen LogP contribution in [-0.2, 0) is 11.3 Å². The summed E-state index contributed by atoms with van der Waals surface area (Å²) in [4.78, 5) is 24.0. The molecule has 0 aliphatic heterocycles. The molecule has 5 nitrogen and oxygen atoms in total. The number of pyridine rings is 1. The van der Waals surface area contributed by atoms with E-state index in [0.717, 1.165) is 16.9 Å². The number of hydrogen-bond acceptors (Lipinski definition) is 3. The van der Waals surface area contributed by atoms with E-state index >= 15 is 0 Å². The number of carbonyl (C=O) groups is 1. The van der Waals surface area contributed by atoms with Crippen LogP contribution < -0.4 is 15.6 Å². The maximum Gasteiger partial charge on any atom is 0.274 e. The van der Waals surface area contributed by atoms with Gasteiger partial charge in [0.05, 0.1) is 13.7 Å². The highest BCUT2D eigenvalue weighted by Gasteiger charge is 2.10. The molecule has 1 amide bonds. The van der Waals surface area contributed by atoms with Gasteiger partial charge in [0.2, 0.25) is 5.91 Å². The zero-order chi connectivity index (χ0) is 16.1. The largest absolute Gasteiger partial charge is 0.497 e. The van der Waals surface area contributed by atoms with E-state index in [-0.39, 0.29) is 11.5 Å². The van der Waals surface area contributed by atoms with Crippen LogP contribution in [0, 0.1) is 6.92 Å². The Bertz CT molecular complexity index is 718. The van der Waals surface area contributed by atoms with Gasteiger partial charge in [-0.25, -0.2) is 0 Å². The molecule has 0 atom stereocenters. The van der Waals surface area contributed by atoms with Crippen molar-refractivity contribution in [1.29, 1.82) is 0 Å². The lowest BCUT2D eigenvalue weighted by atomic mass is 10.2. The van der Waals surface area contributed by atoms with Crippen LogP contribution in [0.1, 0.15) is 24.5 Å². The van der Waals surface area contributed by atoms with Gasteiger partial charge in [-0.15, -0.1) is 0 Å². The average Bonchev–Trinajstić information content (AvgIpc) is 2.54. The molecule has 5 heteroatoms. The zero-order valence-electron chi connectivity index (χ0n) is 13.1. The maximum atomic E-state index is 12.5. The number of rotatable bonds is 5. The van der Waals surface area contributed by atoms with Crippen LogP contribution in [0.25, 0.3) is 0 Å². The quantitative estimate of drug-likeness (QED) is 0.923. The van der Waals surface area contributed by atoms with Gasteiger partial charge in [-0.3, -0.25) is 9.59 Å². The molecule has 2 rings (SSSR count). The second-order valence-electron chi connectivity index (χ2n) is 5.06. The normalized spacial score (nSPS) is 10.3. The van der Waals surface area contributed by atoms with Crippen molar-refractivity contribution < 1.29 is 9.53 Å². The van der Waals surface area contributed by atoms with Crippen LogP contribution in [0.3, 0.4) is 0 Å². The Hall–Kier alpha value is -2.56. The second-order valence-corrected chi connectivity index (χ2v) is 5.06. The SMILES string of the molecule is CCC(=O)Nc1c(C)ccn(Cc2ccc(OC)cc2)c1=O. The number of nitrogens with one attached hydrogen (secondary N) is 1. The molecule has 0 aliphatic rings. The fourth-order valence-electron chi connectivity index (χ4n) is 2.10. The summed E-state index contributed by atoms with van der Waals surface area (Å²) in [5, 5.41) is 2.68. The van der Waals surface area contributed by atoms with E-state index in [4.69, 9.17) is 4.74 Å². The molecule has 2 aromatic rings. The molecule has 0 spiro atoms. The van der Waals surface area contributed by atoms with Crippen molar-refractivity contribution in [3.63, 3.8) is 0 Å². The highest BCUT2D eigenvalue weighted by molar-refractivity contribution is 5.90. The summed E-state index contributed by atoms with van der Waals surface area (Å²) in [6.45, 7) is 4.01. The molecule has 116 valence electrons. The van der Waals surface area contributed by atoms with Gasteiger partial charge in [0.25, 0.3) is 5.56 Å². The number of amides is 1. The molecule has 0 bridgehead atoms. The average molecular weight is 300 g/mol. The van der Waals surface area contributed by atoms with Gasteiger partial charge in [0.15, 0.2) is 0 Å². The first kappa shape index (κ1) is 15.8. The molecule has 0 saturated heterocycles. The molecule has 0 saturated carbocycles. The third-order valence-corrected chi connectivity index (χ3v) is 3.47. The highest BCUT2D eigenvalue weighted by Crippen LogP contribution is 2.13. The molecule has 0 unspecified atom stereocenters. The van der Waals surface area contributed by atoms with Gasteiger partial charge in [-0.05, 0) is 36.2 Å². The predicted octanol–water partition coefficient (Wildman–Crippen LogP) is 2.56. The molecule has 0 radical (unpaired) electrons. The summed E-state index contributed by atoms with van der Waals surface area (Å²) in [6, 6.07) is 9.36. The monoisotopic (exact) mass is 300 g/mol. The first-order valence-electron chi connectivity index (χ1n) is 7.18. The van der Waals surface area contributed by atoms with Crippen molar-refractivity contribution in [1.82, 2.24) is 4.57 Å². The molecule has 1 heterocycles. The van der Waals surface area contributed by atoms with Crippen LogP contribution in [0.4, 0.5) is 5.69 Å². The van der Waals surface area contributed by atoms with E-state index in [1.165, 1.54) is 0 Å². The van der Waals surface area contributed by atoms with Gasteiger partial charge in [-0.2, -0.15) is 0 Å². The fourth-order valence-corrected chi connectivity index (χ4v) is 2.10. The molecular weight excluding hydrogens is 280 g/mol. The summed E-state index contributed by atoms with van der Waals surface area (Å²) in [7, 11) is 1.61. The number of ether oxygens (including phenoxy) is 1. The van der Waals surface area contributed by atoms with Gasteiger partial charge in [0.1, 0.15) is 11.4 Å². The first-order chi connectivity index (χ1) is 10.5. The second kappa shape index (κ2) is 6.93. The Kier molecular flexibility index (Phi) is 4.99. The summed E-state index contributed by atoms with van der Waals surface area (Å²) in [6.07, 6.45) is 2.08. The van der Waals surface area contributed by atoms with Crippen molar-refractivity contribution in [2.24, 2.45) is 0 Å². The van der Waals surface area contributed by atoms with Crippen molar-refractivity contribution >= 4 is 11.6 Å². The minimum absolute atomic E-state index is 0.164. The van der Waals surface area contributed by atoms with Gasteiger partial charge >= 0.3 is 0 Å². The molecule has 22 heavy (non-hydrogen) atoms. The number of benzene rings is 1. The third kappa shape index (κ3) is 3.55. The van der Waals surface area contributed by atoms with Crippen LogP contribution in [0.5, 0.6) is 5.75 Å². The summed E-state index contributed by atoms with van der Waals surface area (Å²) >= 11 is 0. The lowest BCUT2D eigenvalue weighted by molar-refractivity contribution is -0.115. The van der Waals surface area contributed by atoms with Crippen molar-refractivity contribution in [2.75, 3.05) is 12.4 Å². The lowest BCUT2D eigenvalue weighted by Crippen LogP contribution is -2.26. The van der Waals surface area contributed by atoms with Crippen LogP contribution in [-0.4, -0.2) is 17.6 Å². The van der Waals surface area contributed by atoms with Gasteiger partial charge in [0, 0.05) is 12.6 Å². The first-order valence-corrected chi connectivity index (χ1v) is 7.18. The molecule has 0 fully saturated rings. The van der Waals surface area contributed by atoms with Crippen molar-refractivity contribution in [3.05, 3.63) is 58.0 Å². The van der Waals surface area contributed by atoms with E-state index in [2.05, 4.69) is 5.32 Å². The molecule has 1 aromatic heterocycles. The number of anilines is 1. The van der Waals surface area contributed by atoms with Gasteiger partial charge < -0.3 is 14.6 Å². The van der Waals surface area contributed by atoms with E-state index < -0.39 is 0 Å². The fraction of sp³-hybridized carbons (Fsp3) is 0.294. The van der Waals surface area contributed by atoms with Crippen LogP contribution in [0.2, 0.25) is 0 Å². The highest BCUT2D eigenvalue weighted by atomic mass is 16.5. The number of carbonyl (C=O) groups excluding carboxylic acids is 1. The number of aromatic nitrogens is 1. The number of aryl methyl sites for hydroxylation is 1. The third-order valence-electron chi connectivity index (χ3n) is 3.47. The summed E-state index contributed by atoms with van der Waals surface area (Å²) in [5.41, 5.74) is 1.90. The number of methoxy groups -OCH3 is 1. The van der Waals surface area contributed by atoms with Gasteiger partial charge in [-0.1, -0.05) is 19.1 Å². The van der Waals surface area contributed by atoms with Crippen molar-refractivity contribution in [2.45, 2.75) is 26.8 Å². The predicted molar refractivity (Wildman–Crippen MR) is 86.5 cm³/mol. The van der Waals surface area contributed by atoms with Crippen LogP contribution in [0.15, 0.2) is 41.3 Å². The van der Waals surface area contributed by atoms with E-state index in [1.54, 1.807) is 24.8 Å². The Balaban J connectivity index is 2.29. The summed E-state index contributed by atoms with van der Waals surface area (Å²) in [5.74, 6) is 0.610. The van der Waals surface area contributed by atoms with E-state index in [1.807, 2.05) is 37.3 Å². The minimum atomic E-state index is -0.197. The van der Waals surface area contributed by atoms with E-state index in [0.29, 0.717) is 18.7 Å². The number of hydrogen-bond donors (Lipinski definition) is 1. The Labute approximate surface area is 129 Å². The molecule has 1 aromatic carbocycles. The Morgan fingerprint density at radius 2 is 1.91 bits per heavy atom. The zero-order valence-corrected chi connectivity index (χ0v) is 13.1. The van der Waals surface area contributed by atoms with Crippen molar-refractivity contribution in [3.8, 4) is 5.75 Å². The smallest absolute Gasteiger partial charge is 0.274 e. The molecule has 1 N–H and O–H groups in total. The van der Waals surface area contributed by atoms with E-state index in [9.17, 15) is 9.59 Å². The Morgan fingerprint density at radius 1 is 1.23 bits per heavy atom. The lowest BCUT2D eigenvalue weighted by Gasteiger charge is -2.12. The number of nitrogens with zero attached hydrogens (tertiary/aromatic N) is 1.